The third kappa shape index (κ3) is 3.06. The molecule has 2 N–H and O–H groups in total. The van der Waals surface area contributed by atoms with E-state index in [9.17, 15) is 0 Å². The minimum Gasteiger partial charge on any atom is -0.368 e. The molecule has 0 saturated heterocycles. The van der Waals surface area contributed by atoms with E-state index in [1.165, 1.54) is 43.1 Å². The highest BCUT2D eigenvalue weighted by Gasteiger charge is 2.10. The Hall–Kier alpha value is -2.10. The Morgan fingerprint density at radius 3 is 2.82 bits per heavy atom. The fraction of sp³-hybridized carbons (Fsp3) is 0.444. The Kier molecular flexibility index (Phi) is 4.56. The van der Waals surface area contributed by atoms with Gasteiger partial charge in [-0.05, 0) is 25.5 Å². The maximum absolute atomic E-state index is 4.46. The molecular weight excluding hydrogens is 272 g/mol. The molecule has 0 aliphatic heterocycles. The van der Waals surface area contributed by atoms with Crippen LogP contribution in [-0.2, 0) is 0 Å². The standard InChI is InChI=1S/C18H24N4/c1-3-4-5-6-7-10-19-18-17-16(20-12-21-18)14-11-13(2)8-9-15(14)22-17/h8-9,11-12,22H,3-7,10H2,1-2H3,(H,19,20,21). The van der Waals surface area contributed by atoms with Crippen molar-refractivity contribution in [3.63, 3.8) is 0 Å². The summed E-state index contributed by atoms with van der Waals surface area (Å²) < 4.78 is 0. The topological polar surface area (TPSA) is 53.6 Å². The number of unbranched alkanes of at least 4 members (excludes halogenated alkanes) is 4. The van der Waals surface area contributed by atoms with Gasteiger partial charge in [0, 0.05) is 17.4 Å². The largest absolute Gasteiger partial charge is 0.368 e. The van der Waals surface area contributed by atoms with Crippen molar-refractivity contribution in [3.8, 4) is 0 Å². The molecule has 0 fully saturated rings. The molecule has 2 heterocycles. The predicted molar refractivity (Wildman–Crippen MR) is 93.4 cm³/mol. The van der Waals surface area contributed by atoms with Crippen LogP contribution in [0, 0.1) is 6.92 Å². The molecule has 1 aromatic carbocycles. The number of fused-ring (bicyclic) bond motifs is 3. The van der Waals surface area contributed by atoms with Gasteiger partial charge in [0.05, 0.1) is 0 Å². The molecule has 0 aliphatic carbocycles. The highest BCUT2D eigenvalue weighted by Crippen LogP contribution is 2.27. The van der Waals surface area contributed by atoms with Crippen molar-refractivity contribution in [2.24, 2.45) is 0 Å². The Balaban J connectivity index is 1.77. The fourth-order valence-electron chi connectivity index (χ4n) is 2.88. The first-order valence-corrected chi connectivity index (χ1v) is 8.26. The third-order valence-electron chi connectivity index (χ3n) is 4.11. The molecule has 0 spiro atoms. The summed E-state index contributed by atoms with van der Waals surface area (Å²) in [6, 6.07) is 6.41. The van der Waals surface area contributed by atoms with Gasteiger partial charge in [-0.25, -0.2) is 9.97 Å². The van der Waals surface area contributed by atoms with E-state index in [0.29, 0.717) is 0 Å². The summed E-state index contributed by atoms with van der Waals surface area (Å²) in [5.41, 5.74) is 4.38. The number of aryl methyl sites for hydroxylation is 1. The first-order valence-electron chi connectivity index (χ1n) is 8.26. The minimum atomic E-state index is 0.911. The van der Waals surface area contributed by atoms with E-state index >= 15 is 0 Å². The summed E-state index contributed by atoms with van der Waals surface area (Å²) in [5, 5.41) is 4.63. The molecule has 0 radical (unpaired) electrons. The summed E-state index contributed by atoms with van der Waals surface area (Å²) in [5.74, 6) is 0.911. The number of rotatable bonds is 7. The molecule has 0 saturated carbocycles. The highest BCUT2D eigenvalue weighted by molar-refractivity contribution is 6.08. The van der Waals surface area contributed by atoms with E-state index in [1.54, 1.807) is 6.33 Å². The predicted octanol–water partition coefficient (Wildman–Crippen LogP) is 4.80. The van der Waals surface area contributed by atoms with Crippen LogP contribution in [0.2, 0.25) is 0 Å². The zero-order chi connectivity index (χ0) is 15.4. The van der Waals surface area contributed by atoms with Gasteiger partial charge < -0.3 is 10.3 Å². The summed E-state index contributed by atoms with van der Waals surface area (Å²) >= 11 is 0. The average Bonchev–Trinajstić information content (AvgIpc) is 2.89. The zero-order valence-corrected chi connectivity index (χ0v) is 13.4. The van der Waals surface area contributed by atoms with Crippen LogP contribution in [0.5, 0.6) is 0 Å². The second-order valence-corrected chi connectivity index (χ2v) is 5.96. The molecule has 0 atom stereocenters. The van der Waals surface area contributed by atoms with Gasteiger partial charge in [-0.1, -0.05) is 44.2 Å². The monoisotopic (exact) mass is 296 g/mol. The van der Waals surface area contributed by atoms with Crippen LogP contribution < -0.4 is 5.32 Å². The van der Waals surface area contributed by atoms with Gasteiger partial charge >= 0.3 is 0 Å². The molecular formula is C18H24N4. The number of hydrogen-bond donors (Lipinski definition) is 2. The summed E-state index contributed by atoms with van der Waals surface area (Å²) in [4.78, 5) is 12.3. The van der Waals surface area contributed by atoms with E-state index in [2.05, 4.69) is 52.3 Å². The number of hydrogen-bond acceptors (Lipinski definition) is 3. The summed E-state index contributed by atoms with van der Waals surface area (Å²) in [6.45, 7) is 5.31. The number of aromatic amines is 1. The van der Waals surface area contributed by atoms with Crippen LogP contribution in [-0.4, -0.2) is 21.5 Å². The van der Waals surface area contributed by atoms with Crippen LogP contribution in [0.15, 0.2) is 24.5 Å². The molecule has 0 bridgehead atoms. The van der Waals surface area contributed by atoms with Crippen molar-refractivity contribution >= 4 is 27.8 Å². The summed E-state index contributed by atoms with van der Waals surface area (Å²) in [7, 11) is 0. The second-order valence-electron chi connectivity index (χ2n) is 5.96. The van der Waals surface area contributed by atoms with Gasteiger partial charge in [-0.2, -0.15) is 0 Å². The molecule has 0 amide bonds. The zero-order valence-electron chi connectivity index (χ0n) is 13.4. The molecule has 0 aliphatic rings. The number of nitrogens with one attached hydrogen (secondary N) is 2. The third-order valence-corrected chi connectivity index (χ3v) is 4.11. The minimum absolute atomic E-state index is 0.911. The molecule has 0 unspecified atom stereocenters. The van der Waals surface area contributed by atoms with Crippen LogP contribution in [0.25, 0.3) is 21.9 Å². The Morgan fingerprint density at radius 1 is 1.09 bits per heavy atom. The summed E-state index contributed by atoms with van der Waals surface area (Å²) in [6.07, 6.45) is 8.06. The Morgan fingerprint density at radius 2 is 1.95 bits per heavy atom. The molecule has 3 aromatic rings. The smallest absolute Gasteiger partial charge is 0.153 e. The molecule has 4 heteroatoms. The molecule has 22 heavy (non-hydrogen) atoms. The van der Waals surface area contributed by atoms with Crippen molar-refractivity contribution in [2.45, 2.75) is 46.0 Å². The van der Waals surface area contributed by atoms with Crippen LogP contribution in [0.3, 0.4) is 0 Å². The lowest BCUT2D eigenvalue weighted by Crippen LogP contribution is -2.04. The van der Waals surface area contributed by atoms with Crippen molar-refractivity contribution in [2.75, 3.05) is 11.9 Å². The van der Waals surface area contributed by atoms with Gasteiger partial charge in [0.2, 0.25) is 0 Å². The maximum atomic E-state index is 4.46. The normalized spacial score (nSPS) is 11.4. The van der Waals surface area contributed by atoms with Crippen LogP contribution >= 0.6 is 0 Å². The quantitative estimate of drug-likeness (QED) is 0.616. The Labute approximate surface area is 131 Å². The molecule has 116 valence electrons. The fourth-order valence-corrected chi connectivity index (χ4v) is 2.88. The first kappa shape index (κ1) is 14.8. The Bertz CT molecular complexity index is 760. The van der Waals surface area contributed by atoms with Crippen molar-refractivity contribution in [1.29, 1.82) is 0 Å². The van der Waals surface area contributed by atoms with E-state index in [1.807, 2.05) is 0 Å². The lowest BCUT2D eigenvalue weighted by Gasteiger charge is -2.06. The van der Waals surface area contributed by atoms with Crippen molar-refractivity contribution in [1.82, 2.24) is 15.0 Å². The molecule has 2 aromatic heterocycles. The second kappa shape index (κ2) is 6.77. The van der Waals surface area contributed by atoms with Crippen molar-refractivity contribution in [3.05, 3.63) is 30.1 Å². The van der Waals surface area contributed by atoms with Gasteiger partial charge in [-0.15, -0.1) is 0 Å². The van der Waals surface area contributed by atoms with Gasteiger partial charge in [0.25, 0.3) is 0 Å². The average molecular weight is 296 g/mol. The highest BCUT2D eigenvalue weighted by atomic mass is 15.0. The van der Waals surface area contributed by atoms with E-state index in [0.717, 1.165) is 28.9 Å². The number of nitrogens with zero attached hydrogens (tertiary/aromatic N) is 2. The van der Waals surface area contributed by atoms with Gasteiger partial charge in [-0.3, -0.25) is 0 Å². The molecule has 3 rings (SSSR count). The lowest BCUT2D eigenvalue weighted by atomic mass is 10.1. The molecule has 4 nitrogen and oxygen atoms in total. The van der Waals surface area contributed by atoms with Gasteiger partial charge in [0.15, 0.2) is 5.82 Å². The first-order chi connectivity index (χ1) is 10.8. The van der Waals surface area contributed by atoms with Crippen LogP contribution in [0.1, 0.15) is 44.6 Å². The van der Waals surface area contributed by atoms with Crippen LogP contribution in [0.4, 0.5) is 5.82 Å². The van der Waals surface area contributed by atoms with E-state index in [-0.39, 0.29) is 0 Å². The number of benzene rings is 1. The van der Waals surface area contributed by atoms with E-state index in [4.69, 9.17) is 0 Å². The SMILES string of the molecule is CCCCCCCNc1ncnc2c1[nH]c1ccc(C)cc12. The maximum Gasteiger partial charge on any atom is 0.153 e. The van der Waals surface area contributed by atoms with Gasteiger partial charge in [0.1, 0.15) is 17.4 Å². The number of anilines is 1. The van der Waals surface area contributed by atoms with Crippen molar-refractivity contribution < 1.29 is 0 Å². The lowest BCUT2D eigenvalue weighted by molar-refractivity contribution is 0.645. The number of aromatic nitrogens is 3. The number of H-pyrrole nitrogens is 1. The van der Waals surface area contributed by atoms with E-state index < -0.39 is 0 Å².